The molecule has 1 amide bonds. The molecule has 0 spiro atoms. The molecular formula is C11H14N2O. The summed E-state index contributed by atoms with van der Waals surface area (Å²) in [6, 6.07) is 8.05. The highest BCUT2D eigenvalue weighted by Gasteiger charge is 1.89. The quantitative estimate of drug-likeness (QED) is 0.572. The molecule has 0 saturated carbocycles. The Bertz CT molecular complexity index is 328. The molecule has 0 heterocycles. The lowest BCUT2D eigenvalue weighted by Crippen LogP contribution is -2.12. The van der Waals surface area contributed by atoms with Gasteiger partial charge < -0.3 is 0 Å². The monoisotopic (exact) mass is 190 g/mol. The average molecular weight is 190 g/mol. The molecule has 1 aromatic rings. The standard InChI is InChI=1S/C11H14N2O/c1-3-10-4-6-11(7-5-10)8-12-13-9(2)14/h4-8H,3H2,1-2H3,(H,13,14)/b12-8+. The summed E-state index contributed by atoms with van der Waals surface area (Å²) in [6.45, 7) is 3.54. The van der Waals surface area contributed by atoms with Crippen LogP contribution in [0.2, 0.25) is 0 Å². The highest BCUT2D eigenvalue weighted by Crippen LogP contribution is 2.02. The topological polar surface area (TPSA) is 41.5 Å². The minimum atomic E-state index is -0.161. The number of nitrogens with zero attached hydrogens (tertiary/aromatic N) is 1. The number of nitrogens with one attached hydrogen (secondary N) is 1. The number of amides is 1. The van der Waals surface area contributed by atoms with Crippen LogP contribution in [0.1, 0.15) is 25.0 Å². The van der Waals surface area contributed by atoms with E-state index in [2.05, 4.69) is 29.6 Å². The normalized spacial score (nSPS) is 10.4. The van der Waals surface area contributed by atoms with Gasteiger partial charge in [-0.2, -0.15) is 5.10 Å². The zero-order valence-corrected chi connectivity index (χ0v) is 8.45. The second-order valence-electron chi connectivity index (χ2n) is 3.02. The van der Waals surface area contributed by atoms with Gasteiger partial charge in [0.1, 0.15) is 0 Å². The van der Waals surface area contributed by atoms with Crippen molar-refractivity contribution < 1.29 is 4.79 Å². The first kappa shape index (κ1) is 10.4. The Hall–Kier alpha value is -1.64. The zero-order chi connectivity index (χ0) is 10.4. The van der Waals surface area contributed by atoms with Crippen LogP contribution in [-0.2, 0) is 11.2 Å². The summed E-state index contributed by atoms with van der Waals surface area (Å²) in [4.78, 5) is 10.5. The highest BCUT2D eigenvalue weighted by atomic mass is 16.2. The summed E-state index contributed by atoms with van der Waals surface area (Å²) in [5.74, 6) is -0.161. The molecule has 14 heavy (non-hydrogen) atoms. The molecule has 0 bridgehead atoms. The fraction of sp³-hybridized carbons (Fsp3) is 0.273. The Balaban J connectivity index is 2.59. The maximum atomic E-state index is 10.5. The zero-order valence-electron chi connectivity index (χ0n) is 8.45. The van der Waals surface area contributed by atoms with Crippen LogP contribution in [0.5, 0.6) is 0 Å². The lowest BCUT2D eigenvalue weighted by Gasteiger charge is -1.96. The van der Waals surface area contributed by atoms with E-state index in [0.717, 1.165) is 12.0 Å². The Morgan fingerprint density at radius 1 is 1.43 bits per heavy atom. The third-order valence-corrected chi connectivity index (χ3v) is 1.82. The van der Waals surface area contributed by atoms with E-state index in [1.165, 1.54) is 12.5 Å². The summed E-state index contributed by atoms with van der Waals surface area (Å²) < 4.78 is 0. The van der Waals surface area contributed by atoms with Crippen molar-refractivity contribution in [3.05, 3.63) is 35.4 Å². The third kappa shape index (κ3) is 3.39. The van der Waals surface area contributed by atoms with E-state index < -0.39 is 0 Å². The molecule has 0 unspecified atom stereocenters. The molecule has 0 saturated heterocycles. The second kappa shape index (κ2) is 5.17. The maximum absolute atomic E-state index is 10.5. The van der Waals surface area contributed by atoms with Crippen LogP contribution in [-0.4, -0.2) is 12.1 Å². The lowest BCUT2D eigenvalue weighted by atomic mass is 10.1. The smallest absolute Gasteiger partial charge is 0.236 e. The summed E-state index contributed by atoms with van der Waals surface area (Å²) in [5.41, 5.74) is 4.63. The van der Waals surface area contributed by atoms with Crippen molar-refractivity contribution in [3.63, 3.8) is 0 Å². The van der Waals surface area contributed by atoms with Gasteiger partial charge in [-0.25, -0.2) is 5.43 Å². The molecule has 0 aliphatic carbocycles. The molecule has 3 heteroatoms. The molecule has 1 aromatic carbocycles. The first-order valence-electron chi connectivity index (χ1n) is 4.61. The van der Waals surface area contributed by atoms with E-state index in [1.54, 1.807) is 6.21 Å². The number of hydrogen-bond acceptors (Lipinski definition) is 2. The minimum absolute atomic E-state index is 0.161. The minimum Gasteiger partial charge on any atom is -0.274 e. The first-order chi connectivity index (χ1) is 6.72. The summed E-state index contributed by atoms with van der Waals surface area (Å²) in [7, 11) is 0. The molecule has 74 valence electrons. The van der Waals surface area contributed by atoms with Crippen LogP contribution in [0.15, 0.2) is 29.4 Å². The Kier molecular flexibility index (Phi) is 3.85. The van der Waals surface area contributed by atoms with Crippen LogP contribution in [0.4, 0.5) is 0 Å². The molecular weight excluding hydrogens is 176 g/mol. The van der Waals surface area contributed by atoms with E-state index in [-0.39, 0.29) is 5.91 Å². The number of rotatable bonds is 3. The number of aryl methyl sites for hydroxylation is 1. The van der Waals surface area contributed by atoms with Gasteiger partial charge in [-0.05, 0) is 17.5 Å². The van der Waals surface area contributed by atoms with Crippen LogP contribution in [0.3, 0.4) is 0 Å². The molecule has 0 atom stereocenters. The van der Waals surface area contributed by atoms with Gasteiger partial charge in [0.2, 0.25) is 5.91 Å². The van der Waals surface area contributed by atoms with Gasteiger partial charge in [0.05, 0.1) is 6.21 Å². The van der Waals surface area contributed by atoms with E-state index >= 15 is 0 Å². The van der Waals surface area contributed by atoms with Crippen molar-refractivity contribution in [3.8, 4) is 0 Å². The number of carbonyl (C=O) groups is 1. The molecule has 1 rings (SSSR count). The van der Waals surface area contributed by atoms with Gasteiger partial charge in [0.15, 0.2) is 0 Å². The van der Waals surface area contributed by atoms with Crippen LogP contribution in [0.25, 0.3) is 0 Å². The molecule has 0 fully saturated rings. The van der Waals surface area contributed by atoms with E-state index in [1.807, 2.05) is 12.1 Å². The molecule has 0 aliphatic heterocycles. The fourth-order valence-electron chi connectivity index (χ4n) is 1.04. The van der Waals surface area contributed by atoms with Crippen molar-refractivity contribution in [2.24, 2.45) is 5.10 Å². The van der Waals surface area contributed by atoms with E-state index in [0.29, 0.717) is 0 Å². The van der Waals surface area contributed by atoms with Gasteiger partial charge >= 0.3 is 0 Å². The summed E-state index contributed by atoms with van der Waals surface area (Å²) >= 11 is 0. The SMILES string of the molecule is CCc1ccc(/C=N/NC(C)=O)cc1. The van der Waals surface area contributed by atoms with Crippen molar-refractivity contribution in [2.75, 3.05) is 0 Å². The van der Waals surface area contributed by atoms with E-state index in [4.69, 9.17) is 0 Å². The third-order valence-electron chi connectivity index (χ3n) is 1.82. The maximum Gasteiger partial charge on any atom is 0.236 e. The van der Waals surface area contributed by atoms with Crippen LogP contribution >= 0.6 is 0 Å². The van der Waals surface area contributed by atoms with E-state index in [9.17, 15) is 4.79 Å². The van der Waals surface area contributed by atoms with Gasteiger partial charge in [-0.15, -0.1) is 0 Å². The second-order valence-corrected chi connectivity index (χ2v) is 3.02. The average Bonchev–Trinajstić information content (AvgIpc) is 2.18. The fourth-order valence-corrected chi connectivity index (χ4v) is 1.04. The van der Waals surface area contributed by atoms with Gasteiger partial charge in [-0.3, -0.25) is 4.79 Å². The number of hydrogen-bond donors (Lipinski definition) is 1. The molecule has 1 N–H and O–H groups in total. The summed E-state index contributed by atoms with van der Waals surface area (Å²) in [5, 5.41) is 3.77. The lowest BCUT2D eigenvalue weighted by molar-refractivity contribution is -0.118. The largest absolute Gasteiger partial charge is 0.274 e. The number of hydrazone groups is 1. The molecule has 3 nitrogen and oxygen atoms in total. The van der Waals surface area contributed by atoms with Gasteiger partial charge in [-0.1, -0.05) is 31.2 Å². The number of benzene rings is 1. The van der Waals surface area contributed by atoms with Crippen LogP contribution < -0.4 is 5.43 Å². The Morgan fingerprint density at radius 2 is 2.07 bits per heavy atom. The molecule has 0 radical (unpaired) electrons. The summed E-state index contributed by atoms with van der Waals surface area (Å²) in [6.07, 6.45) is 2.66. The predicted octanol–water partition coefficient (Wildman–Crippen LogP) is 1.72. The van der Waals surface area contributed by atoms with Crippen molar-refractivity contribution in [1.82, 2.24) is 5.43 Å². The molecule has 0 aromatic heterocycles. The van der Waals surface area contributed by atoms with Crippen molar-refractivity contribution in [1.29, 1.82) is 0 Å². The van der Waals surface area contributed by atoms with Crippen molar-refractivity contribution in [2.45, 2.75) is 20.3 Å². The Labute approximate surface area is 83.8 Å². The van der Waals surface area contributed by atoms with Gasteiger partial charge in [0.25, 0.3) is 0 Å². The Morgan fingerprint density at radius 3 is 2.57 bits per heavy atom. The molecule has 0 aliphatic rings. The van der Waals surface area contributed by atoms with Gasteiger partial charge in [0, 0.05) is 6.92 Å². The first-order valence-corrected chi connectivity index (χ1v) is 4.61. The predicted molar refractivity (Wildman–Crippen MR) is 57.2 cm³/mol. The highest BCUT2D eigenvalue weighted by molar-refractivity contribution is 5.81. The van der Waals surface area contributed by atoms with Crippen molar-refractivity contribution >= 4 is 12.1 Å². The van der Waals surface area contributed by atoms with Crippen LogP contribution in [0, 0.1) is 0 Å². The number of carbonyl (C=O) groups excluding carboxylic acids is 1.